The second kappa shape index (κ2) is 6.39. The molecule has 1 saturated heterocycles. The van der Waals surface area contributed by atoms with E-state index in [1.165, 1.54) is 25.9 Å². The average Bonchev–Trinajstić information content (AvgIpc) is 2.53. The highest BCUT2D eigenvalue weighted by Crippen LogP contribution is 2.22. The first-order valence-electron chi connectivity index (χ1n) is 5.66. The molecular weight excluding hydrogens is 160 g/mol. The molecule has 2 nitrogen and oxygen atoms in total. The fourth-order valence-corrected chi connectivity index (χ4v) is 2.01. The van der Waals surface area contributed by atoms with Gasteiger partial charge in [0.1, 0.15) is 0 Å². The summed E-state index contributed by atoms with van der Waals surface area (Å²) in [5.41, 5.74) is 0.434. The summed E-state index contributed by atoms with van der Waals surface area (Å²) in [4.78, 5) is 2.41. The third kappa shape index (κ3) is 3.65. The highest BCUT2D eigenvalue weighted by atomic mass is 15.2. The lowest BCUT2D eigenvalue weighted by atomic mass is 9.95. The molecule has 0 aliphatic carbocycles. The molecule has 2 heteroatoms. The Morgan fingerprint density at radius 1 is 1.31 bits per heavy atom. The molecule has 1 unspecified atom stereocenters. The van der Waals surface area contributed by atoms with Crippen molar-refractivity contribution < 1.29 is 0 Å². The number of hydrogen-bond acceptors (Lipinski definition) is 2. The molecule has 0 bridgehead atoms. The number of likely N-dealkylation sites (tertiary alicyclic amines) is 1. The van der Waals surface area contributed by atoms with E-state index in [1.807, 2.05) is 13.8 Å². The van der Waals surface area contributed by atoms with Crippen molar-refractivity contribution in [3.63, 3.8) is 0 Å². The summed E-state index contributed by atoms with van der Waals surface area (Å²) in [5, 5.41) is 3.60. The predicted molar refractivity (Wildman–Crippen MR) is 60.2 cm³/mol. The molecule has 80 valence electrons. The number of hydrogen-bond donors (Lipinski definition) is 1. The minimum absolute atomic E-state index is 0.434. The van der Waals surface area contributed by atoms with Crippen molar-refractivity contribution in [2.45, 2.75) is 46.1 Å². The molecule has 1 rings (SSSR count). The van der Waals surface area contributed by atoms with Gasteiger partial charge in [-0.05, 0) is 33.0 Å². The topological polar surface area (TPSA) is 15.3 Å². The number of nitrogens with one attached hydrogen (secondary N) is 1. The quantitative estimate of drug-likeness (QED) is 0.726. The zero-order chi connectivity index (χ0) is 10.3. The second-order valence-electron chi connectivity index (χ2n) is 3.65. The van der Waals surface area contributed by atoms with E-state index in [9.17, 15) is 0 Å². The third-order valence-corrected chi connectivity index (χ3v) is 2.77. The van der Waals surface area contributed by atoms with Crippen molar-refractivity contribution in [3.8, 4) is 0 Å². The van der Waals surface area contributed by atoms with Gasteiger partial charge >= 0.3 is 0 Å². The summed E-state index contributed by atoms with van der Waals surface area (Å²) in [6, 6.07) is 0. The van der Waals surface area contributed by atoms with Crippen LogP contribution in [0, 0.1) is 0 Å². The number of likely N-dealkylation sites (N-methyl/N-ethyl adjacent to an activating group) is 2. The SMILES string of the molecule is CC.CCNC1(CC)CCN(C)C1. The Morgan fingerprint density at radius 3 is 2.23 bits per heavy atom. The van der Waals surface area contributed by atoms with Gasteiger partial charge in [0.2, 0.25) is 0 Å². The summed E-state index contributed by atoms with van der Waals surface area (Å²) in [5.74, 6) is 0. The summed E-state index contributed by atoms with van der Waals surface area (Å²) in [6.07, 6.45) is 2.57. The molecule has 0 aromatic rings. The van der Waals surface area contributed by atoms with Crippen molar-refractivity contribution in [2.75, 3.05) is 26.7 Å². The first-order chi connectivity index (χ1) is 6.22. The maximum absolute atomic E-state index is 3.60. The molecule has 0 amide bonds. The highest BCUT2D eigenvalue weighted by molar-refractivity contribution is 4.94. The van der Waals surface area contributed by atoms with Gasteiger partial charge in [0.25, 0.3) is 0 Å². The molecule has 0 aromatic carbocycles. The molecule has 0 aromatic heterocycles. The largest absolute Gasteiger partial charge is 0.310 e. The zero-order valence-corrected chi connectivity index (χ0v) is 9.98. The van der Waals surface area contributed by atoms with E-state index >= 15 is 0 Å². The van der Waals surface area contributed by atoms with Gasteiger partial charge in [-0.1, -0.05) is 27.7 Å². The molecule has 0 saturated carbocycles. The monoisotopic (exact) mass is 186 g/mol. The van der Waals surface area contributed by atoms with Crippen molar-refractivity contribution >= 4 is 0 Å². The van der Waals surface area contributed by atoms with Gasteiger partial charge in [-0.15, -0.1) is 0 Å². The average molecular weight is 186 g/mol. The lowest BCUT2D eigenvalue weighted by Crippen LogP contribution is -2.46. The van der Waals surface area contributed by atoms with Gasteiger partial charge < -0.3 is 10.2 Å². The molecule has 1 atom stereocenters. The van der Waals surface area contributed by atoms with E-state index in [4.69, 9.17) is 0 Å². The van der Waals surface area contributed by atoms with Gasteiger partial charge in [-0.3, -0.25) is 0 Å². The van der Waals surface area contributed by atoms with E-state index in [0.717, 1.165) is 6.54 Å². The maximum Gasteiger partial charge on any atom is 0.0318 e. The van der Waals surface area contributed by atoms with E-state index < -0.39 is 0 Å². The number of nitrogens with zero attached hydrogens (tertiary/aromatic N) is 1. The molecule has 13 heavy (non-hydrogen) atoms. The third-order valence-electron chi connectivity index (χ3n) is 2.77. The normalized spacial score (nSPS) is 28.4. The molecule has 1 aliphatic rings. The Balaban J connectivity index is 0.000000671. The van der Waals surface area contributed by atoms with Crippen LogP contribution < -0.4 is 5.32 Å². The molecule has 1 fully saturated rings. The first-order valence-corrected chi connectivity index (χ1v) is 5.66. The van der Waals surface area contributed by atoms with Crippen molar-refractivity contribution in [1.29, 1.82) is 0 Å². The van der Waals surface area contributed by atoms with E-state index in [-0.39, 0.29) is 0 Å². The van der Waals surface area contributed by atoms with Crippen LogP contribution in [-0.4, -0.2) is 37.1 Å². The molecule has 1 N–H and O–H groups in total. The molecule has 0 spiro atoms. The fraction of sp³-hybridized carbons (Fsp3) is 1.00. The Morgan fingerprint density at radius 2 is 1.92 bits per heavy atom. The van der Waals surface area contributed by atoms with Gasteiger partial charge in [-0.25, -0.2) is 0 Å². The van der Waals surface area contributed by atoms with Crippen molar-refractivity contribution in [2.24, 2.45) is 0 Å². The van der Waals surface area contributed by atoms with Crippen LogP contribution in [-0.2, 0) is 0 Å². The Kier molecular flexibility index (Phi) is 6.35. The van der Waals surface area contributed by atoms with Crippen molar-refractivity contribution in [3.05, 3.63) is 0 Å². The zero-order valence-electron chi connectivity index (χ0n) is 9.98. The summed E-state index contributed by atoms with van der Waals surface area (Å²) in [6.45, 7) is 12.0. The smallest absolute Gasteiger partial charge is 0.0318 e. The predicted octanol–water partition coefficient (Wildman–Crippen LogP) is 2.11. The lowest BCUT2D eigenvalue weighted by molar-refractivity contribution is 0.307. The van der Waals surface area contributed by atoms with Crippen LogP contribution in [0.5, 0.6) is 0 Å². The molecule has 1 aliphatic heterocycles. The second-order valence-corrected chi connectivity index (χ2v) is 3.65. The van der Waals surface area contributed by atoms with Gasteiger partial charge in [0.15, 0.2) is 0 Å². The van der Waals surface area contributed by atoms with Crippen molar-refractivity contribution in [1.82, 2.24) is 10.2 Å². The Labute approximate surface area is 83.7 Å². The summed E-state index contributed by atoms with van der Waals surface area (Å²) < 4.78 is 0. The van der Waals surface area contributed by atoms with Crippen LogP contribution in [0.1, 0.15) is 40.5 Å². The van der Waals surface area contributed by atoms with E-state index in [1.54, 1.807) is 0 Å². The molecule has 1 heterocycles. The minimum Gasteiger partial charge on any atom is -0.310 e. The Bertz CT molecular complexity index is 121. The molecule has 0 radical (unpaired) electrons. The van der Waals surface area contributed by atoms with E-state index in [2.05, 4.69) is 31.1 Å². The summed E-state index contributed by atoms with van der Waals surface area (Å²) in [7, 11) is 2.20. The van der Waals surface area contributed by atoms with Gasteiger partial charge in [0, 0.05) is 12.1 Å². The van der Waals surface area contributed by atoms with Crippen LogP contribution in [0.25, 0.3) is 0 Å². The molecular formula is C11H26N2. The van der Waals surface area contributed by atoms with Crippen LogP contribution >= 0.6 is 0 Å². The first kappa shape index (κ1) is 12.9. The van der Waals surface area contributed by atoms with Crippen LogP contribution in [0.3, 0.4) is 0 Å². The highest BCUT2D eigenvalue weighted by Gasteiger charge is 2.33. The standard InChI is InChI=1S/C9H20N2.C2H6/c1-4-9(10-5-2)6-7-11(3)8-9;1-2/h10H,4-8H2,1-3H3;1-2H3. The van der Waals surface area contributed by atoms with Gasteiger partial charge in [-0.2, -0.15) is 0 Å². The maximum atomic E-state index is 3.60. The van der Waals surface area contributed by atoms with Crippen LogP contribution in [0.2, 0.25) is 0 Å². The number of rotatable bonds is 3. The lowest BCUT2D eigenvalue weighted by Gasteiger charge is -2.28. The van der Waals surface area contributed by atoms with E-state index in [0.29, 0.717) is 5.54 Å². The minimum atomic E-state index is 0.434. The fourth-order valence-electron chi connectivity index (χ4n) is 2.01. The van der Waals surface area contributed by atoms with Crippen LogP contribution in [0.15, 0.2) is 0 Å². The van der Waals surface area contributed by atoms with Gasteiger partial charge in [0.05, 0.1) is 0 Å². The Hall–Kier alpha value is -0.0800. The summed E-state index contributed by atoms with van der Waals surface area (Å²) >= 11 is 0. The van der Waals surface area contributed by atoms with Crippen LogP contribution in [0.4, 0.5) is 0 Å².